The summed E-state index contributed by atoms with van der Waals surface area (Å²) in [4.78, 5) is 0. The van der Waals surface area contributed by atoms with Crippen molar-refractivity contribution in [2.75, 3.05) is 19.3 Å². The molecule has 1 unspecified atom stereocenters. The number of aromatic nitrogens is 1. The molecular weight excluding hydrogens is 322 g/mol. The molecule has 0 spiro atoms. The predicted octanol–water partition coefficient (Wildman–Crippen LogP) is 2.05. The third-order valence-electron chi connectivity index (χ3n) is 4.47. The van der Waals surface area contributed by atoms with Crippen LogP contribution in [0.25, 0.3) is 0 Å². The van der Waals surface area contributed by atoms with Gasteiger partial charge in [-0.3, -0.25) is 0 Å². The van der Waals surface area contributed by atoms with Crippen molar-refractivity contribution >= 4 is 10.0 Å². The van der Waals surface area contributed by atoms with Gasteiger partial charge >= 0.3 is 0 Å². The molecule has 1 aromatic heterocycles. The molecular formula is C18H25N3O2S. The van der Waals surface area contributed by atoms with Gasteiger partial charge in [0.1, 0.15) is 0 Å². The number of nitrogens with zero attached hydrogens (tertiary/aromatic N) is 2. The largest absolute Gasteiger partial charge is 0.350 e. The molecule has 5 nitrogen and oxygen atoms in total. The molecule has 0 radical (unpaired) electrons. The highest BCUT2D eigenvalue weighted by Gasteiger charge is 2.25. The zero-order valence-corrected chi connectivity index (χ0v) is 14.9. The molecule has 0 amide bonds. The second-order valence-electron chi connectivity index (χ2n) is 6.52. The number of hydrogen-bond donors (Lipinski definition) is 1. The first-order valence-corrected chi connectivity index (χ1v) is 10.2. The van der Waals surface area contributed by atoms with Crippen LogP contribution in [0.2, 0.25) is 0 Å². The van der Waals surface area contributed by atoms with Crippen molar-refractivity contribution in [2.24, 2.45) is 0 Å². The topological polar surface area (TPSA) is 54.3 Å². The summed E-state index contributed by atoms with van der Waals surface area (Å²) in [5, 5.41) is 3.50. The fourth-order valence-electron chi connectivity index (χ4n) is 3.16. The van der Waals surface area contributed by atoms with Crippen LogP contribution in [0.5, 0.6) is 0 Å². The van der Waals surface area contributed by atoms with Gasteiger partial charge < -0.3 is 9.88 Å². The van der Waals surface area contributed by atoms with Crippen molar-refractivity contribution in [1.82, 2.24) is 14.2 Å². The Morgan fingerprint density at radius 1 is 1.17 bits per heavy atom. The maximum Gasteiger partial charge on any atom is 0.211 e. The standard InChI is InChI=1S/C18H25N3O2S/c1-24(22,23)21-10-5-8-18(15-21)19-12-17-9-11-20(14-17)13-16-6-3-2-4-7-16/h2-4,6-7,9,11,14,18-19H,5,8,10,12-13,15H2,1H3. The molecule has 1 fully saturated rings. The first-order valence-electron chi connectivity index (χ1n) is 8.38. The Morgan fingerprint density at radius 3 is 2.71 bits per heavy atom. The Labute approximate surface area is 144 Å². The molecule has 0 aliphatic carbocycles. The van der Waals surface area contributed by atoms with Crippen molar-refractivity contribution in [3.8, 4) is 0 Å². The summed E-state index contributed by atoms with van der Waals surface area (Å²) in [6.45, 7) is 2.85. The van der Waals surface area contributed by atoms with Gasteiger partial charge in [0.15, 0.2) is 0 Å². The molecule has 0 bridgehead atoms. The van der Waals surface area contributed by atoms with Crippen molar-refractivity contribution in [2.45, 2.75) is 32.0 Å². The van der Waals surface area contributed by atoms with Crippen molar-refractivity contribution in [3.05, 3.63) is 59.9 Å². The Hall–Kier alpha value is -1.63. The molecule has 1 aliphatic heterocycles. The number of rotatable bonds is 6. The lowest BCUT2D eigenvalue weighted by atomic mass is 10.1. The average Bonchev–Trinajstić information content (AvgIpc) is 3.01. The van der Waals surface area contributed by atoms with Gasteiger partial charge in [-0.15, -0.1) is 0 Å². The van der Waals surface area contributed by atoms with E-state index in [1.54, 1.807) is 4.31 Å². The minimum Gasteiger partial charge on any atom is -0.350 e. The Morgan fingerprint density at radius 2 is 1.96 bits per heavy atom. The Kier molecular flexibility index (Phi) is 5.38. The smallest absolute Gasteiger partial charge is 0.211 e. The zero-order valence-electron chi connectivity index (χ0n) is 14.1. The average molecular weight is 347 g/mol. The number of benzene rings is 1. The van der Waals surface area contributed by atoms with E-state index >= 15 is 0 Å². The Bertz CT molecular complexity index is 756. The summed E-state index contributed by atoms with van der Waals surface area (Å²) < 4.78 is 27.1. The van der Waals surface area contributed by atoms with E-state index in [0.29, 0.717) is 13.1 Å². The third-order valence-corrected chi connectivity index (χ3v) is 5.74. The van der Waals surface area contributed by atoms with E-state index in [2.05, 4.69) is 52.6 Å². The van der Waals surface area contributed by atoms with E-state index in [4.69, 9.17) is 0 Å². The molecule has 2 aromatic rings. The van der Waals surface area contributed by atoms with Crippen LogP contribution >= 0.6 is 0 Å². The molecule has 2 heterocycles. The fraction of sp³-hybridized carbons (Fsp3) is 0.444. The summed E-state index contributed by atoms with van der Waals surface area (Å²) in [6.07, 6.45) is 7.47. The highest BCUT2D eigenvalue weighted by molar-refractivity contribution is 7.88. The summed E-state index contributed by atoms with van der Waals surface area (Å²) in [5.74, 6) is 0. The summed E-state index contributed by atoms with van der Waals surface area (Å²) in [6, 6.07) is 12.7. The van der Waals surface area contributed by atoms with Crippen LogP contribution in [0.15, 0.2) is 48.8 Å². The van der Waals surface area contributed by atoms with Crippen molar-refractivity contribution in [1.29, 1.82) is 0 Å². The van der Waals surface area contributed by atoms with Crippen LogP contribution in [0.4, 0.5) is 0 Å². The van der Waals surface area contributed by atoms with Crippen molar-refractivity contribution < 1.29 is 8.42 Å². The molecule has 1 saturated heterocycles. The van der Waals surface area contributed by atoms with Crippen LogP contribution in [-0.4, -0.2) is 42.7 Å². The maximum atomic E-state index is 11.7. The molecule has 6 heteroatoms. The molecule has 3 rings (SSSR count). The molecule has 24 heavy (non-hydrogen) atoms. The zero-order chi connectivity index (χ0) is 17.0. The highest BCUT2D eigenvalue weighted by Crippen LogP contribution is 2.14. The SMILES string of the molecule is CS(=O)(=O)N1CCCC(NCc2ccn(Cc3ccccc3)c2)C1. The van der Waals surface area contributed by atoms with Crippen LogP contribution in [0.3, 0.4) is 0 Å². The van der Waals surface area contributed by atoms with E-state index < -0.39 is 10.0 Å². The third kappa shape index (κ3) is 4.69. The molecule has 130 valence electrons. The van der Waals surface area contributed by atoms with E-state index in [-0.39, 0.29) is 6.04 Å². The van der Waals surface area contributed by atoms with E-state index in [1.165, 1.54) is 17.4 Å². The minimum atomic E-state index is -3.08. The second-order valence-corrected chi connectivity index (χ2v) is 8.50. The van der Waals surface area contributed by atoms with Gasteiger partial charge in [-0.1, -0.05) is 30.3 Å². The lowest BCUT2D eigenvalue weighted by molar-refractivity contribution is 0.284. The molecule has 1 atom stereocenters. The lowest BCUT2D eigenvalue weighted by Crippen LogP contribution is -2.47. The van der Waals surface area contributed by atoms with Gasteiger partial charge in [0, 0.05) is 44.6 Å². The van der Waals surface area contributed by atoms with E-state index in [9.17, 15) is 8.42 Å². The number of hydrogen-bond acceptors (Lipinski definition) is 3. The Balaban J connectivity index is 1.52. The maximum absolute atomic E-state index is 11.7. The lowest BCUT2D eigenvalue weighted by Gasteiger charge is -2.31. The minimum absolute atomic E-state index is 0.228. The van der Waals surface area contributed by atoms with E-state index in [1.807, 2.05) is 6.07 Å². The van der Waals surface area contributed by atoms with Gasteiger partial charge in [-0.25, -0.2) is 12.7 Å². The molecule has 1 aliphatic rings. The summed E-state index contributed by atoms with van der Waals surface area (Å²) >= 11 is 0. The monoisotopic (exact) mass is 347 g/mol. The van der Waals surface area contributed by atoms with Crippen LogP contribution in [-0.2, 0) is 23.1 Å². The van der Waals surface area contributed by atoms with Gasteiger partial charge in [0.25, 0.3) is 0 Å². The quantitative estimate of drug-likeness (QED) is 0.870. The molecule has 0 saturated carbocycles. The summed E-state index contributed by atoms with van der Waals surface area (Å²) in [7, 11) is -3.08. The fourth-order valence-corrected chi connectivity index (χ4v) is 4.07. The normalized spacial score (nSPS) is 19.5. The van der Waals surface area contributed by atoms with Crippen LogP contribution in [0, 0.1) is 0 Å². The van der Waals surface area contributed by atoms with Crippen LogP contribution < -0.4 is 5.32 Å². The van der Waals surface area contributed by atoms with E-state index in [0.717, 1.165) is 25.9 Å². The number of sulfonamides is 1. The molecule has 1 N–H and O–H groups in total. The number of piperidine rings is 1. The first kappa shape index (κ1) is 17.2. The predicted molar refractivity (Wildman–Crippen MR) is 96.3 cm³/mol. The second kappa shape index (κ2) is 7.51. The highest BCUT2D eigenvalue weighted by atomic mass is 32.2. The van der Waals surface area contributed by atoms with Gasteiger partial charge in [-0.05, 0) is 30.0 Å². The van der Waals surface area contributed by atoms with Gasteiger partial charge in [-0.2, -0.15) is 0 Å². The summed E-state index contributed by atoms with van der Waals surface area (Å²) in [5.41, 5.74) is 2.51. The molecule has 1 aromatic carbocycles. The van der Waals surface area contributed by atoms with Gasteiger partial charge in [0.05, 0.1) is 6.26 Å². The van der Waals surface area contributed by atoms with Gasteiger partial charge in [0.2, 0.25) is 10.0 Å². The van der Waals surface area contributed by atoms with Crippen molar-refractivity contribution in [3.63, 3.8) is 0 Å². The number of nitrogens with one attached hydrogen (secondary N) is 1. The van der Waals surface area contributed by atoms with Crippen LogP contribution in [0.1, 0.15) is 24.0 Å². The first-order chi connectivity index (χ1) is 11.5.